The molecule has 1 N–H and O–H groups in total. The lowest BCUT2D eigenvalue weighted by molar-refractivity contribution is -0.292. The second kappa shape index (κ2) is 12.1. The number of aliphatic hydroxyl groups excluding tert-OH is 1. The normalized spacial score (nSPS) is 53.1. The van der Waals surface area contributed by atoms with Crippen molar-refractivity contribution < 1.29 is 24.1 Å². The molecule has 7 fully saturated rings. The predicted octanol–water partition coefficient (Wildman–Crippen LogP) is 9.07. The fraction of sp³-hybridized carbons (Fsp3) is 0.950. The van der Waals surface area contributed by atoms with Crippen LogP contribution in [0.2, 0.25) is 0 Å². The third-order valence-corrected chi connectivity index (χ3v) is 16.5. The molecule has 5 aliphatic carbocycles. The number of allylic oxidation sites excluding steroid dienone is 1. The van der Waals surface area contributed by atoms with E-state index < -0.39 is 0 Å². The van der Waals surface area contributed by atoms with Crippen LogP contribution in [0.3, 0.4) is 0 Å². The molecule has 2 aliphatic heterocycles. The quantitative estimate of drug-likeness (QED) is 0.226. The maximum atomic E-state index is 10.9. The van der Waals surface area contributed by atoms with Crippen molar-refractivity contribution in [2.24, 2.45) is 56.7 Å². The Hall–Kier alpha value is -0.460. The molecule has 2 heterocycles. The largest absolute Gasteiger partial charge is 0.396 e. The van der Waals surface area contributed by atoms with Crippen LogP contribution in [0.4, 0.5) is 0 Å². The number of rotatable bonds is 7. The molecular formula is C40H66O5. The Morgan fingerprint density at radius 2 is 1.49 bits per heavy atom. The average Bonchev–Trinajstić information content (AvgIpc) is 3.44. The van der Waals surface area contributed by atoms with Crippen molar-refractivity contribution in [2.75, 3.05) is 26.4 Å². The van der Waals surface area contributed by atoms with Gasteiger partial charge in [0.15, 0.2) is 12.6 Å². The zero-order chi connectivity index (χ0) is 31.7. The number of hydrogen-bond donors (Lipinski definition) is 1. The molecule has 0 radical (unpaired) electrons. The van der Waals surface area contributed by atoms with E-state index in [1.54, 1.807) is 0 Å². The van der Waals surface area contributed by atoms with Crippen LogP contribution in [0, 0.1) is 56.7 Å². The first-order valence-corrected chi connectivity index (χ1v) is 19.3. The van der Waals surface area contributed by atoms with Crippen LogP contribution in [0.15, 0.2) is 12.2 Å². The monoisotopic (exact) mass is 626 g/mol. The third kappa shape index (κ3) is 5.09. The van der Waals surface area contributed by atoms with Gasteiger partial charge in [0.1, 0.15) is 0 Å². The maximum absolute atomic E-state index is 10.9. The van der Waals surface area contributed by atoms with Crippen molar-refractivity contribution >= 4 is 0 Å². The summed E-state index contributed by atoms with van der Waals surface area (Å²) in [7, 11) is 0. The molecule has 5 saturated carbocycles. The van der Waals surface area contributed by atoms with Gasteiger partial charge in [0, 0.05) is 25.2 Å². The first-order chi connectivity index (χ1) is 21.5. The second-order valence-corrected chi connectivity index (χ2v) is 18.3. The summed E-state index contributed by atoms with van der Waals surface area (Å²) in [5.41, 5.74) is 2.28. The first kappa shape index (κ1) is 33.1. The van der Waals surface area contributed by atoms with Crippen LogP contribution in [-0.4, -0.2) is 50.2 Å². The van der Waals surface area contributed by atoms with Crippen LogP contribution in [0.5, 0.6) is 0 Å². The van der Waals surface area contributed by atoms with Crippen molar-refractivity contribution in [1.82, 2.24) is 0 Å². The number of aliphatic hydroxyl groups is 1. The smallest absolute Gasteiger partial charge is 0.157 e. The SMILES string of the molecule is C=C(C)[C@@H]1CC[C@]2(CO)CC[C@]3(C)[C@H](CC[C@@H]4[C@@]5(C)CCC(OC6CCCCO6)[C@@](C)(COC6CCCCO6)[C@@H]5CC[C@]43C)[C@@H]12. The zero-order valence-corrected chi connectivity index (χ0v) is 29.5. The summed E-state index contributed by atoms with van der Waals surface area (Å²) in [5, 5.41) is 10.9. The highest BCUT2D eigenvalue weighted by Gasteiger charge is 2.71. The van der Waals surface area contributed by atoms with Gasteiger partial charge < -0.3 is 24.1 Å². The van der Waals surface area contributed by atoms with Gasteiger partial charge in [0.25, 0.3) is 0 Å². The van der Waals surface area contributed by atoms with Crippen LogP contribution < -0.4 is 0 Å². The van der Waals surface area contributed by atoms with Crippen LogP contribution in [0.25, 0.3) is 0 Å². The van der Waals surface area contributed by atoms with Gasteiger partial charge in [0.2, 0.25) is 0 Å². The van der Waals surface area contributed by atoms with E-state index in [0.29, 0.717) is 47.0 Å². The van der Waals surface area contributed by atoms with Crippen LogP contribution >= 0.6 is 0 Å². The minimum Gasteiger partial charge on any atom is -0.396 e. The molecule has 7 rings (SSSR count). The minimum absolute atomic E-state index is 0.0664. The van der Waals surface area contributed by atoms with Gasteiger partial charge in [0.05, 0.1) is 12.7 Å². The zero-order valence-electron chi connectivity index (χ0n) is 29.5. The fourth-order valence-corrected chi connectivity index (χ4v) is 13.9. The number of fused-ring (bicyclic) bond motifs is 7. The maximum Gasteiger partial charge on any atom is 0.157 e. The van der Waals surface area contributed by atoms with E-state index in [0.717, 1.165) is 51.9 Å². The van der Waals surface area contributed by atoms with Crippen molar-refractivity contribution in [3.8, 4) is 0 Å². The van der Waals surface area contributed by atoms with E-state index >= 15 is 0 Å². The topological polar surface area (TPSA) is 57.2 Å². The van der Waals surface area contributed by atoms with E-state index in [1.165, 1.54) is 76.2 Å². The lowest BCUT2D eigenvalue weighted by Gasteiger charge is -2.73. The van der Waals surface area contributed by atoms with Gasteiger partial charge in [-0.15, -0.1) is 0 Å². The van der Waals surface area contributed by atoms with Gasteiger partial charge in [-0.3, -0.25) is 0 Å². The molecule has 5 heteroatoms. The van der Waals surface area contributed by atoms with Gasteiger partial charge in [-0.2, -0.15) is 0 Å². The Morgan fingerprint density at radius 3 is 2.16 bits per heavy atom. The van der Waals surface area contributed by atoms with E-state index in [4.69, 9.17) is 18.9 Å². The molecule has 13 atom stereocenters. The summed E-state index contributed by atoms with van der Waals surface area (Å²) in [4.78, 5) is 0. The van der Waals surface area contributed by atoms with Crippen molar-refractivity contribution in [2.45, 2.75) is 156 Å². The molecule has 5 nitrogen and oxygen atoms in total. The standard InChI is InChI=1S/C40H66O5/c1-27(2)28-15-20-40(25-41)22-21-38(5)29(35(28)40)13-14-31-36(3)18-17-32(45-34-12-8-10-24-43-34)37(4,30(36)16-19-39(31,38)6)26-44-33-11-7-9-23-42-33/h28-35,41H,1,7-26H2,2-6H3/t28-,29+,30+,31+,32?,33?,34?,35+,36-,37-,38+,39+,40+/m0/s1. The molecular weight excluding hydrogens is 560 g/mol. The molecule has 0 aromatic rings. The predicted molar refractivity (Wildman–Crippen MR) is 178 cm³/mol. The molecule has 2 saturated heterocycles. The molecule has 0 aromatic carbocycles. The number of ether oxygens (including phenoxy) is 4. The number of hydrogen-bond acceptors (Lipinski definition) is 5. The van der Waals surface area contributed by atoms with Gasteiger partial charge in [-0.05, 0) is 161 Å². The fourth-order valence-electron chi connectivity index (χ4n) is 13.9. The molecule has 45 heavy (non-hydrogen) atoms. The minimum atomic E-state index is -0.0692. The molecule has 256 valence electrons. The van der Waals surface area contributed by atoms with Crippen LogP contribution in [-0.2, 0) is 18.9 Å². The van der Waals surface area contributed by atoms with E-state index in [1.807, 2.05) is 0 Å². The summed E-state index contributed by atoms with van der Waals surface area (Å²) in [6, 6.07) is 0. The van der Waals surface area contributed by atoms with Crippen molar-refractivity contribution in [3.63, 3.8) is 0 Å². The lowest BCUT2D eigenvalue weighted by atomic mass is 9.32. The Bertz CT molecular complexity index is 1080. The average molecular weight is 627 g/mol. The highest BCUT2D eigenvalue weighted by molar-refractivity contribution is 5.22. The summed E-state index contributed by atoms with van der Waals surface area (Å²) in [6.07, 6.45) is 19.2. The van der Waals surface area contributed by atoms with Crippen LogP contribution in [0.1, 0.15) is 137 Å². The van der Waals surface area contributed by atoms with Gasteiger partial charge >= 0.3 is 0 Å². The lowest BCUT2D eigenvalue weighted by Crippen LogP contribution is -2.68. The Kier molecular flexibility index (Phi) is 8.92. The van der Waals surface area contributed by atoms with E-state index in [2.05, 4.69) is 41.2 Å². The highest BCUT2D eigenvalue weighted by atomic mass is 16.7. The Balaban J connectivity index is 1.19. The first-order valence-electron chi connectivity index (χ1n) is 19.3. The third-order valence-electron chi connectivity index (χ3n) is 16.5. The Labute approximate surface area is 274 Å². The summed E-state index contributed by atoms with van der Waals surface area (Å²) in [6.45, 7) is 20.2. The van der Waals surface area contributed by atoms with E-state index in [9.17, 15) is 5.11 Å². The van der Waals surface area contributed by atoms with Crippen molar-refractivity contribution in [3.05, 3.63) is 12.2 Å². The molecule has 0 spiro atoms. The molecule has 7 aliphatic rings. The second-order valence-electron chi connectivity index (χ2n) is 18.3. The van der Waals surface area contributed by atoms with E-state index in [-0.39, 0.29) is 34.9 Å². The summed E-state index contributed by atoms with van der Waals surface area (Å²) in [5.74, 6) is 3.12. The highest BCUT2D eigenvalue weighted by Crippen LogP contribution is 2.77. The Morgan fingerprint density at radius 1 is 0.756 bits per heavy atom. The molecule has 0 aromatic heterocycles. The van der Waals surface area contributed by atoms with Gasteiger partial charge in [-0.1, -0.05) is 39.8 Å². The summed E-state index contributed by atoms with van der Waals surface area (Å²) >= 11 is 0. The van der Waals surface area contributed by atoms with Crippen molar-refractivity contribution in [1.29, 1.82) is 0 Å². The molecule has 0 bridgehead atoms. The molecule has 0 amide bonds. The van der Waals surface area contributed by atoms with Gasteiger partial charge in [-0.25, -0.2) is 0 Å². The summed E-state index contributed by atoms with van der Waals surface area (Å²) < 4.78 is 26.0. The molecule has 3 unspecified atom stereocenters.